The molecule has 0 aliphatic carbocycles. The van der Waals surface area contributed by atoms with Crippen molar-refractivity contribution in [3.8, 4) is 11.5 Å². The normalized spacial score (nSPS) is 17.1. The Balaban J connectivity index is 1.58. The van der Waals surface area contributed by atoms with Gasteiger partial charge in [-0.2, -0.15) is 4.98 Å². The number of aromatic nitrogens is 2. The van der Waals surface area contributed by atoms with E-state index in [1.165, 1.54) is 29.2 Å². The third-order valence-corrected chi connectivity index (χ3v) is 4.51. The van der Waals surface area contributed by atoms with Crippen molar-refractivity contribution in [1.29, 1.82) is 0 Å². The van der Waals surface area contributed by atoms with Crippen molar-refractivity contribution in [3.05, 3.63) is 64.9 Å². The second-order valence-electron chi connectivity index (χ2n) is 5.97. The Morgan fingerprint density at radius 1 is 1.15 bits per heavy atom. The molecule has 3 aromatic rings. The first kappa shape index (κ1) is 16.7. The van der Waals surface area contributed by atoms with E-state index < -0.39 is 11.6 Å². The summed E-state index contributed by atoms with van der Waals surface area (Å²) in [4.78, 5) is 18.1. The van der Waals surface area contributed by atoms with Crippen molar-refractivity contribution in [1.82, 2.24) is 10.1 Å². The van der Waals surface area contributed by atoms with Gasteiger partial charge in [0.15, 0.2) is 5.82 Å². The molecule has 0 bridgehead atoms. The topological polar surface area (TPSA) is 59.2 Å². The number of carbonyl (C=O) groups is 1. The van der Waals surface area contributed by atoms with Crippen LogP contribution in [0.4, 0.5) is 14.5 Å². The molecule has 0 saturated carbocycles. The first-order chi connectivity index (χ1) is 12.5. The second-order valence-corrected chi connectivity index (χ2v) is 6.38. The van der Waals surface area contributed by atoms with Crippen molar-refractivity contribution < 1.29 is 18.1 Å². The predicted molar refractivity (Wildman–Crippen MR) is 90.8 cm³/mol. The van der Waals surface area contributed by atoms with E-state index in [-0.39, 0.29) is 29.2 Å². The number of halogens is 3. The number of nitrogens with zero attached hydrogens (tertiary/aromatic N) is 3. The number of hydrogen-bond donors (Lipinski definition) is 0. The Hall–Kier alpha value is -2.80. The van der Waals surface area contributed by atoms with Gasteiger partial charge in [-0.15, -0.1) is 0 Å². The number of hydrogen-bond acceptors (Lipinski definition) is 4. The first-order valence-corrected chi connectivity index (χ1v) is 8.24. The molecule has 0 radical (unpaired) electrons. The van der Waals surface area contributed by atoms with Crippen molar-refractivity contribution in [2.45, 2.75) is 12.3 Å². The molecule has 2 aromatic carbocycles. The molecule has 1 saturated heterocycles. The summed E-state index contributed by atoms with van der Waals surface area (Å²) in [6.07, 6.45) is 0.176. The van der Waals surface area contributed by atoms with E-state index in [0.717, 1.165) is 6.07 Å². The molecule has 8 heteroatoms. The lowest BCUT2D eigenvalue weighted by molar-refractivity contribution is -0.117. The van der Waals surface area contributed by atoms with Gasteiger partial charge in [0.2, 0.25) is 5.91 Å². The van der Waals surface area contributed by atoms with Gasteiger partial charge in [0, 0.05) is 24.4 Å². The molecule has 1 atom stereocenters. The smallest absolute Gasteiger partial charge is 0.258 e. The van der Waals surface area contributed by atoms with Crippen LogP contribution >= 0.6 is 11.6 Å². The molecular weight excluding hydrogens is 364 g/mol. The van der Waals surface area contributed by atoms with Gasteiger partial charge in [0.1, 0.15) is 11.6 Å². The van der Waals surface area contributed by atoms with Gasteiger partial charge < -0.3 is 9.42 Å². The molecule has 1 aromatic heterocycles. The Labute approximate surface area is 152 Å². The third kappa shape index (κ3) is 3.06. The highest BCUT2D eigenvalue weighted by Gasteiger charge is 2.35. The summed E-state index contributed by atoms with van der Waals surface area (Å²) in [7, 11) is 0. The van der Waals surface area contributed by atoms with E-state index in [1.807, 2.05) is 0 Å². The molecule has 0 spiro atoms. The SMILES string of the molecule is O=C1CC(c2noc(-c3cccc(F)c3)n2)CN1c1ccc(F)cc1Cl. The maximum atomic E-state index is 13.3. The van der Waals surface area contributed by atoms with Crippen LogP contribution in [-0.2, 0) is 4.79 Å². The summed E-state index contributed by atoms with van der Waals surface area (Å²) in [6, 6.07) is 9.69. The Morgan fingerprint density at radius 3 is 2.73 bits per heavy atom. The van der Waals surface area contributed by atoms with E-state index in [4.69, 9.17) is 16.1 Å². The minimum Gasteiger partial charge on any atom is -0.334 e. The summed E-state index contributed by atoms with van der Waals surface area (Å²) in [5.41, 5.74) is 0.904. The van der Waals surface area contributed by atoms with Crippen LogP contribution < -0.4 is 4.90 Å². The molecule has 1 amide bonds. The number of anilines is 1. The lowest BCUT2D eigenvalue weighted by atomic mass is 10.1. The summed E-state index contributed by atoms with van der Waals surface area (Å²) in [5.74, 6) is -0.797. The predicted octanol–water partition coefficient (Wildman–Crippen LogP) is 4.19. The summed E-state index contributed by atoms with van der Waals surface area (Å²) >= 11 is 6.05. The largest absolute Gasteiger partial charge is 0.334 e. The molecule has 1 aliphatic heterocycles. The van der Waals surface area contributed by atoms with Gasteiger partial charge >= 0.3 is 0 Å². The molecule has 2 heterocycles. The first-order valence-electron chi connectivity index (χ1n) is 7.86. The van der Waals surface area contributed by atoms with Crippen LogP contribution in [0.2, 0.25) is 5.02 Å². The molecule has 1 fully saturated rings. The monoisotopic (exact) mass is 375 g/mol. The van der Waals surface area contributed by atoms with Gasteiger partial charge in [0.25, 0.3) is 5.89 Å². The second kappa shape index (κ2) is 6.49. The average Bonchev–Trinajstić information content (AvgIpc) is 3.22. The zero-order valence-corrected chi connectivity index (χ0v) is 14.1. The summed E-state index contributed by atoms with van der Waals surface area (Å²) in [5, 5.41) is 4.08. The van der Waals surface area contributed by atoms with Gasteiger partial charge in [-0.3, -0.25) is 4.79 Å². The fourth-order valence-electron chi connectivity index (χ4n) is 2.95. The van der Waals surface area contributed by atoms with Crippen LogP contribution in [-0.4, -0.2) is 22.6 Å². The Kier molecular flexibility index (Phi) is 4.16. The Morgan fingerprint density at radius 2 is 1.96 bits per heavy atom. The highest BCUT2D eigenvalue weighted by molar-refractivity contribution is 6.33. The summed E-state index contributed by atoms with van der Waals surface area (Å²) < 4.78 is 31.8. The molecule has 4 rings (SSSR count). The van der Waals surface area contributed by atoms with Gasteiger partial charge in [0.05, 0.1) is 10.7 Å². The maximum Gasteiger partial charge on any atom is 0.258 e. The quantitative estimate of drug-likeness (QED) is 0.688. The maximum absolute atomic E-state index is 13.3. The molecule has 132 valence electrons. The minimum atomic E-state index is -0.472. The van der Waals surface area contributed by atoms with Crippen LogP contribution in [0.25, 0.3) is 11.5 Å². The van der Waals surface area contributed by atoms with Crippen molar-refractivity contribution in [3.63, 3.8) is 0 Å². The lowest BCUT2D eigenvalue weighted by Gasteiger charge is -2.17. The minimum absolute atomic E-state index is 0.160. The Bertz CT molecular complexity index is 992. The average molecular weight is 376 g/mol. The van der Waals surface area contributed by atoms with Crippen molar-refractivity contribution >= 4 is 23.2 Å². The highest BCUT2D eigenvalue weighted by Crippen LogP contribution is 2.35. The lowest BCUT2D eigenvalue weighted by Crippen LogP contribution is -2.24. The van der Waals surface area contributed by atoms with Gasteiger partial charge in [-0.05, 0) is 36.4 Å². The van der Waals surface area contributed by atoms with Gasteiger partial charge in [-0.1, -0.05) is 22.8 Å². The van der Waals surface area contributed by atoms with Crippen LogP contribution in [0.1, 0.15) is 18.2 Å². The fourth-order valence-corrected chi connectivity index (χ4v) is 3.22. The molecule has 26 heavy (non-hydrogen) atoms. The molecule has 5 nitrogen and oxygen atoms in total. The number of benzene rings is 2. The zero-order chi connectivity index (χ0) is 18.3. The van der Waals surface area contributed by atoms with Crippen LogP contribution in [0, 0.1) is 11.6 Å². The van der Waals surface area contributed by atoms with Crippen LogP contribution in [0.15, 0.2) is 47.0 Å². The van der Waals surface area contributed by atoms with Crippen LogP contribution in [0.5, 0.6) is 0 Å². The third-order valence-electron chi connectivity index (χ3n) is 4.20. The van der Waals surface area contributed by atoms with Crippen molar-refractivity contribution in [2.24, 2.45) is 0 Å². The molecule has 1 unspecified atom stereocenters. The van der Waals surface area contributed by atoms with E-state index in [0.29, 0.717) is 23.6 Å². The van der Waals surface area contributed by atoms with E-state index in [1.54, 1.807) is 12.1 Å². The number of amides is 1. The number of rotatable bonds is 3. The van der Waals surface area contributed by atoms with E-state index >= 15 is 0 Å². The molecule has 1 aliphatic rings. The molecular formula is C18H12ClF2N3O2. The zero-order valence-electron chi connectivity index (χ0n) is 13.3. The van der Waals surface area contributed by atoms with Gasteiger partial charge in [-0.25, -0.2) is 8.78 Å². The van der Waals surface area contributed by atoms with Crippen LogP contribution in [0.3, 0.4) is 0 Å². The van der Waals surface area contributed by atoms with E-state index in [2.05, 4.69) is 10.1 Å². The summed E-state index contributed by atoms with van der Waals surface area (Å²) in [6.45, 7) is 0.298. The van der Waals surface area contributed by atoms with Crippen molar-refractivity contribution in [2.75, 3.05) is 11.4 Å². The number of carbonyl (C=O) groups excluding carboxylic acids is 1. The fraction of sp³-hybridized carbons (Fsp3) is 0.167. The van der Waals surface area contributed by atoms with E-state index in [9.17, 15) is 13.6 Å². The standard InChI is InChI=1S/C18H12ClF2N3O2/c19-14-8-13(21)4-5-15(14)24-9-11(7-16(24)25)17-22-18(26-23-17)10-2-1-3-12(20)6-10/h1-6,8,11H,7,9H2. The molecule has 0 N–H and O–H groups in total. The highest BCUT2D eigenvalue weighted by atomic mass is 35.5.